The highest BCUT2D eigenvalue weighted by molar-refractivity contribution is 6.33. The number of anilines is 2. The predicted octanol–water partition coefficient (Wildman–Crippen LogP) is 3.88. The van der Waals surface area contributed by atoms with E-state index in [1.165, 1.54) is 18.3 Å². The number of rotatable bonds is 6. The molecule has 4 rings (SSSR count). The number of amides is 1. The molecule has 160 valence electrons. The molecule has 2 aromatic heterocycles. The van der Waals surface area contributed by atoms with Crippen LogP contribution >= 0.6 is 11.6 Å². The molecule has 1 aliphatic heterocycles. The van der Waals surface area contributed by atoms with Crippen molar-refractivity contribution in [2.24, 2.45) is 5.92 Å². The van der Waals surface area contributed by atoms with E-state index in [-0.39, 0.29) is 17.6 Å². The maximum absolute atomic E-state index is 13.4. The summed E-state index contributed by atoms with van der Waals surface area (Å²) < 4.78 is 13.4. The van der Waals surface area contributed by atoms with E-state index in [4.69, 9.17) is 11.6 Å². The first-order chi connectivity index (χ1) is 15.1. The van der Waals surface area contributed by atoms with Gasteiger partial charge in [0.15, 0.2) is 0 Å². The van der Waals surface area contributed by atoms with Crippen LogP contribution in [0.5, 0.6) is 0 Å². The monoisotopic (exact) mass is 440 g/mol. The van der Waals surface area contributed by atoms with Gasteiger partial charge in [-0.25, -0.2) is 14.4 Å². The fourth-order valence-electron chi connectivity index (χ4n) is 3.43. The van der Waals surface area contributed by atoms with Gasteiger partial charge in [-0.05, 0) is 43.1 Å². The molecule has 0 aliphatic carbocycles. The molecule has 1 aromatic carbocycles. The minimum Gasteiger partial charge on any atom is -0.365 e. The van der Waals surface area contributed by atoms with E-state index in [2.05, 4.69) is 30.9 Å². The van der Waals surface area contributed by atoms with Crippen LogP contribution in [-0.4, -0.2) is 33.9 Å². The summed E-state index contributed by atoms with van der Waals surface area (Å²) in [6, 6.07) is 8.03. The molecule has 1 aliphatic rings. The van der Waals surface area contributed by atoms with E-state index >= 15 is 0 Å². The van der Waals surface area contributed by atoms with Crippen molar-refractivity contribution in [1.29, 1.82) is 0 Å². The molecular formula is C22H22ClFN6O. The first-order valence-corrected chi connectivity index (χ1v) is 10.4. The molecule has 9 heteroatoms. The number of nitrogens with one attached hydrogen (secondary N) is 3. The van der Waals surface area contributed by atoms with Crippen molar-refractivity contribution < 1.29 is 9.18 Å². The van der Waals surface area contributed by atoms with Crippen LogP contribution in [0.4, 0.5) is 16.0 Å². The van der Waals surface area contributed by atoms with E-state index in [0.29, 0.717) is 41.0 Å². The second-order valence-electron chi connectivity index (χ2n) is 7.35. The minimum absolute atomic E-state index is 0.0652. The summed E-state index contributed by atoms with van der Waals surface area (Å²) in [6.07, 6.45) is 6.48. The third kappa shape index (κ3) is 5.53. The van der Waals surface area contributed by atoms with Gasteiger partial charge in [-0.2, -0.15) is 0 Å². The number of hydrogen-bond acceptors (Lipinski definition) is 6. The van der Waals surface area contributed by atoms with Crippen molar-refractivity contribution in [2.75, 3.05) is 23.7 Å². The average Bonchev–Trinajstić information content (AvgIpc) is 2.80. The molecule has 1 saturated heterocycles. The van der Waals surface area contributed by atoms with Crippen molar-refractivity contribution >= 4 is 29.1 Å². The first-order valence-electron chi connectivity index (χ1n) is 10.1. The highest BCUT2D eigenvalue weighted by atomic mass is 35.5. The molecular weight excluding hydrogens is 419 g/mol. The fourth-order valence-corrected chi connectivity index (χ4v) is 3.63. The Kier molecular flexibility index (Phi) is 6.69. The molecule has 31 heavy (non-hydrogen) atoms. The molecule has 1 amide bonds. The Labute approximate surface area is 184 Å². The lowest BCUT2D eigenvalue weighted by molar-refractivity contribution is -0.120. The van der Waals surface area contributed by atoms with Gasteiger partial charge in [0.1, 0.15) is 17.5 Å². The van der Waals surface area contributed by atoms with Gasteiger partial charge in [0.05, 0.1) is 29.0 Å². The van der Waals surface area contributed by atoms with Crippen LogP contribution in [-0.2, 0) is 11.3 Å². The number of carbonyl (C=O) groups excluding carboxylic acids is 1. The van der Waals surface area contributed by atoms with Crippen molar-refractivity contribution in [2.45, 2.75) is 19.4 Å². The van der Waals surface area contributed by atoms with Gasteiger partial charge in [-0.15, -0.1) is 0 Å². The molecule has 1 fully saturated rings. The maximum Gasteiger partial charge on any atom is 0.229 e. The average molecular weight is 441 g/mol. The van der Waals surface area contributed by atoms with Crippen molar-refractivity contribution in [3.63, 3.8) is 0 Å². The van der Waals surface area contributed by atoms with E-state index in [1.54, 1.807) is 24.5 Å². The fraction of sp³-hybridized carbons (Fsp3) is 0.273. The Morgan fingerprint density at radius 1 is 1.23 bits per heavy atom. The Morgan fingerprint density at radius 3 is 2.94 bits per heavy atom. The van der Waals surface area contributed by atoms with Crippen LogP contribution in [0, 0.1) is 11.7 Å². The third-order valence-electron chi connectivity index (χ3n) is 5.05. The van der Waals surface area contributed by atoms with Crippen LogP contribution in [0.3, 0.4) is 0 Å². The summed E-state index contributed by atoms with van der Waals surface area (Å²) in [7, 11) is 0. The number of aromatic nitrogens is 3. The number of pyridine rings is 1. The van der Waals surface area contributed by atoms with Gasteiger partial charge in [0.25, 0.3) is 0 Å². The molecule has 3 heterocycles. The molecule has 0 spiro atoms. The Morgan fingerprint density at radius 2 is 2.13 bits per heavy atom. The summed E-state index contributed by atoms with van der Waals surface area (Å²) in [4.78, 5) is 25.5. The number of piperidine rings is 1. The molecule has 0 unspecified atom stereocenters. The van der Waals surface area contributed by atoms with Gasteiger partial charge in [0.2, 0.25) is 5.91 Å². The van der Waals surface area contributed by atoms with Gasteiger partial charge >= 0.3 is 0 Å². The zero-order valence-electron chi connectivity index (χ0n) is 16.7. The largest absolute Gasteiger partial charge is 0.365 e. The van der Waals surface area contributed by atoms with Gasteiger partial charge in [-0.1, -0.05) is 23.7 Å². The van der Waals surface area contributed by atoms with E-state index in [9.17, 15) is 9.18 Å². The normalized spacial score (nSPS) is 16.0. The highest BCUT2D eigenvalue weighted by Crippen LogP contribution is 2.28. The van der Waals surface area contributed by atoms with Crippen molar-refractivity contribution in [1.82, 2.24) is 20.3 Å². The molecule has 0 radical (unpaired) electrons. The lowest BCUT2D eigenvalue weighted by Gasteiger charge is -2.21. The van der Waals surface area contributed by atoms with E-state index in [0.717, 1.165) is 24.9 Å². The predicted molar refractivity (Wildman–Crippen MR) is 118 cm³/mol. The van der Waals surface area contributed by atoms with Crippen LogP contribution < -0.4 is 16.0 Å². The number of benzene rings is 1. The molecule has 3 N–H and O–H groups in total. The molecule has 0 saturated carbocycles. The van der Waals surface area contributed by atoms with Crippen LogP contribution in [0.15, 0.2) is 48.9 Å². The summed E-state index contributed by atoms with van der Waals surface area (Å²) in [5, 5.41) is 9.63. The Bertz CT molecular complexity index is 1070. The zero-order valence-corrected chi connectivity index (χ0v) is 17.5. The van der Waals surface area contributed by atoms with Crippen LogP contribution in [0.1, 0.15) is 18.4 Å². The van der Waals surface area contributed by atoms with Crippen molar-refractivity contribution in [3.05, 3.63) is 65.3 Å². The number of nitrogens with zero attached hydrogens (tertiary/aromatic N) is 3. The summed E-state index contributed by atoms with van der Waals surface area (Å²) in [6.45, 7) is 2.00. The quantitative estimate of drug-likeness (QED) is 0.538. The third-order valence-corrected chi connectivity index (χ3v) is 5.35. The lowest BCUT2D eigenvalue weighted by Crippen LogP contribution is -2.37. The van der Waals surface area contributed by atoms with Crippen LogP contribution in [0.25, 0.3) is 11.3 Å². The SMILES string of the molecule is O=C(Nc1cc(-c2cncc(NCc3cccc(F)c3)n2)c(Cl)cn1)[C@@H]1CCCNC1. The maximum atomic E-state index is 13.4. The number of carbonyl (C=O) groups is 1. The van der Waals surface area contributed by atoms with Crippen molar-refractivity contribution in [3.8, 4) is 11.3 Å². The van der Waals surface area contributed by atoms with Gasteiger partial charge < -0.3 is 16.0 Å². The molecule has 7 nitrogen and oxygen atoms in total. The molecule has 0 bridgehead atoms. The van der Waals surface area contributed by atoms with Gasteiger partial charge in [-0.3, -0.25) is 9.78 Å². The molecule has 3 aromatic rings. The second-order valence-corrected chi connectivity index (χ2v) is 7.76. The lowest BCUT2D eigenvalue weighted by atomic mass is 9.99. The highest BCUT2D eigenvalue weighted by Gasteiger charge is 2.21. The van der Waals surface area contributed by atoms with Gasteiger partial charge in [0, 0.05) is 24.8 Å². The van der Waals surface area contributed by atoms with E-state index < -0.39 is 0 Å². The topological polar surface area (TPSA) is 91.8 Å². The van der Waals surface area contributed by atoms with E-state index in [1.807, 2.05) is 6.07 Å². The second kappa shape index (κ2) is 9.80. The summed E-state index contributed by atoms with van der Waals surface area (Å²) in [5.74, 6) is 0.499. The standard InChI is InChI=1S/C22H22ClFN6O/c23-18-11-28-20(30-22(31)15-4-2-6-25-10-15)8-17(18)19-12-26-13-21(29-19)27-9-14-3-1-5-16(24)7-14/h1,3,5,7-8,11-13,15,25H,2,4,6,9-10H2,(H,27,29)(H,28,30,31)/t15-/m1/s1. The zero-order chi connectivity index (χ0) is 21.6. The number of hydrogen-bond donors (Lipinski definition) is 3. The first kappa shape index (κ1) is 21.1. The summed E-state index contributed by atoms with van der Waals surface area (Å²) in [5.41, 5.74) is 1.93. The summed E-state index contributed by atoms with van der Waals surface area (Å²) >= 11 is 6.34. The smallest absolute Gasteiger partial charge is 0.229 e. The Hall–Kier alpha value is -3.10. The Balaban J connectivity index is 1.48. The molecule has 1 atom stereocenters. The minimum atomic E-state index is -0.290. The van der Waals surface area contributed by atoms with Crippen LogP contribution in [0.2, 0.25) is 5.02 Å². The number of halogens is 2.